The molecule has 124 valence electrons. The number of carbonyl (C=O) groups excluding carboxylic acids is 1. The molecule has 2 rings (SSSR count). The summed E-state index contributed by atoms with van der Waals surface area (Å²) in [7, 11) is 0. The third-order valence-corrected chi connectivity index (χ3v) is 5.45. The molecule has 1 aromatic heterocycles. The molecule has 1 aliphatic heterocycles. The van der Waals surface area contributed by atoms with Crippen molar-refractivity contribution in [2.45, 2.75) is 70.1 Å². The predicted octanol–water partition coefficient (Wildman–Crippen LogP) is 3.77. The Morgan fingerprint density at radius 2 is 2.09 bits per heavy atom. The molecule has 0 radical (unpaired) electrons. The minimum atomic E-state index is -0.424. The van der Waals surface area contributed by atoms with Gasteiger partial charge in [-0.1, -0.05) is 25.9 Å². The Kier molecular flexibility index (Phi) is 5.38. The van der Waals surface area contributed by atoms with Gasteiger partial charge < -0.3 is 9.26 Å². The third-order valence-electron chi connectivity index (χ3n) is 3.97. The Morgan fingerprint density at radius 3 is 2.64 bits per heavy atom. The summed E-state index contributed by atoms with van der Waals surface area (Å²) in [5, 5.41) is 4.04. The molecule has 0 spiro atoms. The molecule has 0 amide bonds. The van der Waals surface area contributed by atoms with Crippen molar-refractivity contribution < 1.29 is 14.1 Å². The van der Waals surface area contributed by atoms with E-state index in [2.05, 4.69) is 25.9 Å². The zero-order chi connectivity index (χ0) is 16.4. The van der Waals surface area contributed by atoms with E-state index in [0.717, 1.165) is 36.7 Å². The summed E-state index contributed by atoms with van der Waals surface area (Å²) in [6, 6.07) is 1.90. The van der Waals surface area contributed by atoms with Gasteiger partial charge in [0.2, 0.25) is 0 Å². The summed E-state index contributed by atoms with van der Waals surface area (Å²) >= 11 is 1.68. The molecule has 0 saturated carbocycles. The van der Waals surface area contributed by atoms with Gasteiger partial charge in [-0.05, 0) is 26.7 Å². The molecule has 1 aliphatic rings. The monoisotopic (exact) mass is 325 g/mol. The van der Waals surface area contributed by atoms with E-state index >= 15 is 0 Å². The lowest BCUT2D eigenvalue weighted by Crippen LogP contribution is -2.31. The van der Waals surface area contributed by atoms with Gasteiger partial charge in [0.1, 0.15) is 5.76 Å². The smallest absolute Gasteiger partial charge is 0.154 e. The van der Waals surface area contributed by atoms with Crippen molar-refractivity contribution in [1.82, 2.24) is 5.16 Å². The number of thioether (sulfide) groups is 1. The lowest BCUT2D eigenvalue weighted by atomic mass is 9.92. The van der Waals surface area contributed by atoms with Crippen LogP contribution in [0.4, 0.5) is 0 Å². The molecular formula is C17H27NO3S. The average Bonchev–Trinajstić information content (AvgIpc) is 3.06. The lowest BCUT2D eigenvalue weighted by molar-refractivity contribution is -0.120. The number of hydrogen-bond acceptors (Lipinski definition) is 5. The first-order chi connectivity index (χ1) is 10.2. The van der Waals surface area contributed by atoms with Crippen molar-refractivity contribution in [2.75, 3.05) is 12.4 Å². The van der Waals surface area contributed by atoms with Gasteiger partial charge in [-0.2, -0.15) is 0 Å². The molecule has 1 saturated heterocycles. The largest absolute Gasteiger partial charge is 0.377 e. The van der Waals surface area contributed by atoms with Crippen molar-refractivity contribution in [3.63, 3.8) is 0 Å². The van der Waals surface area contributed by atoms with Crippen molar-refractivity contribution in [2.24, 2.45) is 0 Å². The topological polar surface area (TPSA) is 52.3 Å². The highest BCUT2D eigenvalue weighted by molar-refractivity contribution is 8.01. The van der Waals surface area contributed by atoms with Crippen molar-refractivity contribution >= 4 is 17.5 Å². The van der Waals surface area contributed by atoms with Crippen LogP contribution in [-0.2, 0) is 21.4 Å². The zero-order valence-electron chi connectivity index (χ0n) is 14.3. The number of rotatable bonds is 6. The highest BCUT2D eigenvalue weighted by atomic mass is 32.2. The van der Waals surface area contributed by atoms with E-state index in [1.165, 1.54) is 0 Å². The van der Waals surface area contributed by atoms with Gasteiger partial charge >= 0.3 is 0 Å². The van der Waals surface area contributed by atoms with Gasteiger partial charge in [-0.25, -0.2) is 0 Å². The van der Waals surface area contributed by atoms with Gasteiger partial charge in [0.05, 0.1) is 23.0 Å². The highest BCUT2D eigenvalue weighted by Crippen LogP contribution is 2.30. The van der Waals surface area contributed by atoms with Crippen LogP contribution < -0.4 is 0 Å². The van der Waals surface area contributed by atoms with Gasteiger partial charge in [-0.3, -0.25) is 4.79 Å². The number of nitrogens with zero attached hydrogens (tertiary/aromatic N) is 1. The quantitative estimate of drug-likeness (QED) is 0.797. The molecule has 22 heavy (non-hydrogen) atoms. The van der Waals surface area contributed by atoms with Crippen LogP contribution in [-0.4, -0.2) is 34.2 Å². The summed E-state index contributed by atoms with van der Waals surface area (Å²) in [5.41, 5.74) is 0.638. The van der Waals surface area contributed by atoms with Gasteiger partial charge in [0.15, 0.2) is 5.78 Å². The van der Waals surface area contributed by atoms with Crippen molar-refractivity contribution in [1.29, 1.82) is 0 Å². The Hall–Kier alpha value is -0.810. The maximum atomic E-state index is 12.6. The Labute approximate surface area is 137 Å². The molecule has 0 aromatic carbocycles. The molecule has 0 N–H and O–H groups in total. The Bertz CT molecular complexity index is 510. The first kappa shape index (κ1) is 17.5. The Morgan fingerprint density at radius 1 is 1.36 bits per heavy atom. The van der Waals surface area contributed by atoms with E-state index in [0.29, 0.717) is 12.5 Å². The number of ether oxygens (including phenoxy) is 1. The maximum Gasteiger partial charge on any atom is 0.154 e. The van der Waals surface area contributed by atoms with E-state index in [-0.39, 0.29) is 11.2 Å². The second kappa shape index (κ2) is 6.75. The fourth-order valence-electron chi connectivity index (χ4n) is 2.28. The normalized spacial score (nSPS) is 19.6. The minimum absolute atomic E-state index is 0.0849. The van der Waals surface area contributed by atoms with Crippen molar-refractivity contribution in [3.8, 4) is 0 Å². The maximum absolute atomic E-state index is 12.6. The number of aromatic nitrogens is 1. The van der Waals surface area contributed by atoms with Gasteiger partial charge in [0, 0.05) is 23.8 Å². The Balaban J connectivity index is 1.90. The van der Waals surface area contributed by atoms with Crippen LogP contribution in [0.2, 0.25) is 0 Å². The first-order valence-electron chi connectivity index (χ1n) is 7.93. The third kappa shape index (κ3) is 4.59. The summed E-state index contributed by atoms with van der Waals surface area (Å²) in [4.78, 5) is 12.6. The predicted molar refractivity (Wildman–Crippen MR) is 89.4 cm³/mol. The fraction of sp³-hybridized carbons (Fsp3) is 0.765. The van der Waals surface area contributed by atoms with Crippen LogP contribution >= 0.6 is 11.8 Å². The van der Waals surface area contributed by atoms with Gasteiger partial charge in [0.25, 0.3) is 0 Å². The zero-order valence-corrected chi connectivity index (χ0v) is 15.1. The average molecular weight is 325 g/mol. The van der Waals surface area contributed by atoms with Crippen LogP contribution in [0.25, 0.3) is 0 Å². The summed E-state index contributed by atoms with van der Waals surface area (Å²) in [6.45, 7) is 11.0. The molecule has 0 bridgehead atoms. The van der Waals surface area contributed by atoms with E-state index in [4.69, 9.17) is 9.26 Å². The van der Waals surface area contributed by atoms with Crippen LogP contribution in [0.15, 0.2) is 10.6 Å². The molecule has 0 aliphatic carbocycles. The number of hydrogen-bond donors (Lipinski definition) is 0. The van der Waals surface area contributed by atoms with Crippen molar-refractivity contribution in [3.05, 3.63) is 17.5 Å². The molecule has 1 unspecified atom stereocenters. The molecule has 1 atom stereocenters. The van der Waals surface area contributed by atoms with Crippen LogP contribution in [0.1, 0.15) is 58.9 Å². The molecule has 2 heterocycles. The molecule has 5 heteroatoms. The van der Waals surface area contributed by atoms with E-state index in [1.807, 2.05) is 19.9 Å². The minimum Gasteiger partial charge on any atom is -0.377 e. The molecule has 4 nitrogen and oxygen atoms in total. The van der Waals surface area contributed by atoms with E-state index in [9.17, 15) is 4.79 Å². The molecule has 1 fully saturated rings. The second-order valence-electron chi connectivity index (χ2n) is 7.49. The summed E-state index contributed by atoms with van der Waals surface area (Å²) < 4.78 is 10.6. The molecule has 1 aromatic rings. The van der Waals surface area contributed by atoms with Crippen LogP contribution in [0.5, 0.6) is 0 Å². The van der Waals surface area contributed by atoms with Crippen LogP contribution in [0, 0.1) is 0 Å². The lowest BCUT2D eigenvalue weighted by Gasteiger charge is -2.23. The van der Waals surface area contributed by atoms with Gasteiger partial charge in [-0.15, -0.1) is 11.8 Å². The number of Topliss-reactive ketones (excluding diaryl/α,β-unsaturated/α-hetero) is 1. The number of ketones is 1. The fourth-order valence-corrected chi connectivity index (χ4v) is 3.38. The molecular weight excluding hydrogens is 298 g/mol. The summed E-state index contributed by atoms with van der Waals surface area (Å²) in [5.74, 6) is 1.88. The van der Waals surface area contributed by atoms with Crippen LogP contribution in [0.3, 0.4) is 0 Å². The number of carbonyl (C=O) groups is 1. The van der Waals surface area contributed by atoms with E-state index < -0.39 is 4.75 Å². The highest BCUT2D eigenvalue weighted by Gasteiger charge is 2.31. The second-order valence-corrected chi connectivity index (χ2v) is 9.13. The van der Waals surface area contributed by atoms with E-state index in [1.54, 1.807) is 11.8 Å². The first-order valence-corrected chi connectivity index (χ1v) is 8.92. The standard InChI is InChI=1S/C17H27NO3S/c1-16(2,3)15-10-12(18-21-15)9-14(19)17(4,5)22-11-13-7-6-8-20-13/h10,13H,6-9,11H2,1-5H3. The SMILES string of the molecule is CC(C)(SCC1CCCO1)C(=O)Cc1cc(C(C)(C)C)on1. The summed E-state index contributed by atoms with van der Waals surface area (Å²) in [6.07, 6.45) is 2.87.